The standard InChI is InChI=1S/C22H17ClN2O3/c1-27-20-12-21(28-2)19(11-18(20)23)25-22(26)17-10-6-5-9-16(17)15-8-4-3-7-14(15)13-24/h3-12H,1-2H3,(H,25,26). The lowest BCUT2D eigenvalue weighted by Gasteiger charge is -2.15. The average molecular weight is 393 g/mol. The Kier molecular flexibility index (Phi) is 5.83. The maximum absolute atomic E-state index is 13.0. The molecule has 0 spiro atoms. The number of anilines is 1. The summed E-state index contributed by atoms with van der Waals surface area (Å²) in [6.45, 7) is 0. The molecule has 0 unspecified atom stereocenters. The van der Waals surface area contributed by atoms with Gasteiger partial charge in [0.2, 0.25) is 0 Å². The molecule has 0 bridgehead atoms. The van der Waals surface area contributed by atoms with Gasteiger partial charge < -0.3 is 14.8 Å². The third-order valence-corrected chi connectivity index (χ3v) is 4.53. The highest BCUT2D eigenvalue weighted by Crippen LogP contribution is 2.36. The van der Waals surface area contributed by atoms with Crippen molar-refractivity contribution in [2.75, 3.05) is 19.5 Å². The second-order valence-electron chi connectivity index (χ2n) is 5.84. The second-order valence-corrected chi connectivity index (χ2v) is 6.25. The van der Waals surface area contributed by atoms with Crippen LogP contribution in [0.5, 0.6) is 11.5 Å². The lowest BCUT2D eigenvalue weighted by Crippen LogP contribution is -2.14. The zero-order chi connectivity index (χ0) is 20.1. The molecule has 0 radical (unpaired) electrons. The van der Waals surface area contributed by atoms with Gasteiger partial charge >= 0.3 is 0 Å². The number of methoxy groups -OCH3 is 2. The van der Waals surface area contributed by atoms with Gasteiger partial charge in [0.15, 0.2) is 0 Å². The Balaban J connectivity index is 2.02. The molecular weight excluding hydrogens is 376 g/mol. The van der Waals surface area contributed by atoms with Crippen molar-refractivity contribution in [3.05, 3.63) is 76.8 Å². The number of nitrogens with one attached hydrogen (secondary N) is 1. The van der Waals surface area contributed by atoms with Crippen molar-refractivity contribution < 1.29 is 14.3 Å². The molecule has 3 rings (SSSR count). The molecular formula is C22H17ClN2O3. The third kappa shape index (κ3) is 3.78. The number of benzene rings is 3. The number of carbonyl (C=O) groups excluding carboxylic acids is 1. The minimum Gasteiger partial charge on any atom is -0.495 e. The number of halogens is 1. The number of hydrogen-bond acceptors (Lipinski definition) is 4. The largest absolute Gasteiger partial charge is 0.495 e. The number of ether oxygens (including phenoxy) is 2. The van der Waals surface area contributed by atoms with Gasteiger partial charge in [0, 0.05) is 17.2 Å². The number of nitriles is 1. The van der Waals surface area contributed by atoms with Crippen LogP contribution in [0.2, 0.25) is 5.02 Å². The van der Waals surface area contributed by atoms with E-state index in [9.17, 15) is 10.1 Å². The molecule has 0 saturated heterocycles. The minimum atomic E-state index is -0.345. The van der Waals surface area contributed by atoms with Gasteiger partial charge in [-0.15, -0.1) is 0 Å². The molecule has 1 amide bonds. The first-order chi connectivity index (χ1) is 13.6. The van der Waals surface area contributed by atoms with E-state index in [-0.39, 0.29) is 5.91 Å². The summed E-state index contributed by atoms with van der Waals surface area (Å²) in [6, 6.07) is 19.6. The Bertz CT molecular complexity index is 1070. The Hall–Kier alpha value is -3.49. The summed E-state index contributed by atoms with van der Waals surface area (Å²) >= 11 is 6.19. The highest BCUT2D eigenvalue weighted by Gasteiger charge is 2.17. The molecule has 0 aromatic heterocycles. The summed E-state index contributed by atoms with van der Waals surface area (Å²) < 4.78 is 10.5. The van der Waals surface area contributed by atoms with Crippen LogP contribution in [0.25, 0.3) is 11.1 Å². The molecule has 3 aromatic rings. The fourth-order valence-electron chi connectivity index (χ4n) is 2.88. The van der Waals surface area contributed by atoms with E-state index in [0.29, 0.717) is 44.5 Å². The highest BCUT2D eigenvalue weighted by atomic mass is 35.5. The van der Waals surface area contributed by atoms with E-state index in [1.807, 2.05) is 24.3 Å². The zero-order valence-corrected chi connectivity index (χ0v) is 16.1. The molecule has 0 heterocycles. The van der Waals surface area contributed by atoms with E-state index in [2.05, 4.69) is 11.4 Å². The first-order valence-corrected chi connectivity index (χ1v) is 8.78. The van der Waals surface area contributed by atoms with Crippen LogP contribution in [0.4, 0.5) is 5.69 Å². The van der Waals surface area contributed by atoms with Crippen molar-refractivity contribution in [1.82, 2.24) is 0 Å². The molecule has 3 aromatic carbocycles. The summed E-state index contributed by atoms with van der Waals surface area (Å²) in [5, 5.41) is 12.6. The fraction of sp³-hybridized carbons (Fsp3) is 0.0909. The van der Waals surface area contributed by atoms with Gasteiger partial charge in [0.05, 0.1) is 36.6 Å². The van der Waals surface area contributed by atoms with Crippen LogP contribution in [-0.2, 0) is 0 Å². The molecule has 0 fully saturated rings. The lowest BCUT2D eigenvalue weighted by molar-refractivity contribution is 0.102. The second kappa shape index (κ2) is 8.47. The highest BCUT2D eigenvalue weighted by molar-refractivity contribution is 6.32. The summed E-state index contributed by atoms with van der Waals surface area (Å²) in [6.07, 6.45) is 0. The van der Waals surface area contributed by atoms with Gasteiger partial charge in [-0.1, -0.05) is 48.0 Å². The molecule has 0 aliphatic carbocycles. The maximum Gasteiger partial charge on any atom is 0.256 e. The fourth-order valence-corrected chi connectivity index (χ4v) is 3.12. The Morgan fingerprint density at radius 3 is 2.29 bits per heavy atom. The zero-order valence-electron chi connectivity index (χ0n) is 15.3. The van der Waals surface area contributed by atoms with E-state index in [0.717, 1.165) is 0 Å². The number of rotatable bonds is 5. The molecule has 0 saturated carbocycles. The van der Waals surface area contributed by atoms with E-state index in [1.165, 1.54) is 14.2 Å². The van der Waals surface area contributed by atoms with E-state index in [1.54, 1.807) is 36.4 Å². The molecule has 1 N–H and O–H groups in total. The van der Waals surface area contributed by atoms with Crippen molar-refractivity contribution in [3.63, 3.8) is 0 Å². The van der Waals surface area contributed by atoms with Crippen LogP contribution < -0.4 is 14.8 Å². The molecule has 0 atom stereocenters. The summed E-state index contributed by atoms with van der Waals surface area (Å²) in [5.74, 6) is 0.521. The van der Waals surface area contributed by atoms with Gasteiger partial charge in [-0.2, -0.15) is 5.26 Å². The smallest absolute Gasteiger partial charge is 0.256 e. The van der Waals surface area contributed by atoms with E-state index >= 15 is 0 Å². The van der Waals surface area contributed by atoms with Gasteiger partial charge in [-0.05, 0) is 23.8 Å². The van der Waals surface area contributed by atoms with Crippen LogP contribution in [-0.4, -0.2) is 20.1 Å². The monoisotopic (exact) mass is 392 g/mol. The Morgan fingerprint density at radius 2 is 1.61 bits per heavy atom. The van der Waals surface area contributed by atoms with Crippen molar-refractivity contribution in [2.45, 2.75) is 0 Å². The molecule has 140 valence electrons. The summed E-state index contributed by atoms with van der Waals surface area (Å²) in [4.78, 5) is 13.0. The van der Waals surface area contributed by atoms with Crippen LogP contribution in [0.15, 0.2) is 60.7 Å². The number of nitrogens with zero attached hydrogens (tertiary/aromatic N) is 1. The third-order valence-electron chi connectivity index (χ3n) is 4.23. The molecule has 28 heavy (non-hydrogen) atoms. The molecule has 0 aliphatic rings. The first kappa shape index (κ1) is 19.3. The summed E-state index contributed by atoms with van der Waals surface area (Å²) in [5.41, 5.74) is 2.69. The van der Waals surface area contributed by atoms with Crippen LogP contribution in [0, 0.1) is 11.3 Å². The van der Waals surface area contributed by atoms with Gasteiger partial charge in [0.1, 0.15) is 11.5 Å². The van der Waals surface area contributed by atoms with Gasteiger partial charge in [-0.3, -0.25) is 4.79 Å². The van der Waals surface area contributed by atoms with Crippen LogP contribution in [0.1, 0.15) is 15.9 Å². The van der Waals surface area contributed by atoms with Gasteiger partial charge in [0.25, 0.3) is 5.91 Å². The molecule has 0 aliphatic heterocycles. The molecule has 6 heteroatoms. The van der Waals surface area contributed by atoms with E-state index < -0.39 is 0 Å². The van der Waals surface area contributed by atoms with Crippen molar-refractivity contribution in [1.29, 1.82) is 5.26 Å². The normalized spacial score (nSPS) is 10.1. The van der Waals surface area contributed by atoms with Crippen molar-refractivity contribution in [2.24, 2.45) is 0 Å². The minimum absolute atomic E-state index is 0.345. The lowest BCUT2D eigenvalue weighted by atomic mass is 9.95. The van der Waals surface area contributed by atoms with E-state index in [4.69, 9.17) is 21.1 Å². The van der Waals surface area contributed by atoms with Crippen molar-refractivity contribution >= 4 is 23.2 Å². The topological polar surface area (TPSA) is 71.3 Å². The Labute approximate surface area is 168 Å². The predicted molar refractivity (Wildman–Crippen MR) is 109 cm³/mol. The summed E-state index contributed by atoms with van der Waals surface area (Å²) in [7, 11) is 3.00. The number of hydrogen-bond donors (Lipinski definition) is 1. The number of carbonyl (C=O) groups is 1. The van der Waals surface area contributed by atoms with Crippen LogP contribution in [0.3, 0.4) is 0 Å². The quantitative estimate of drug-likeness (QED) is 0.651. The molecule has 5 nitrogen and oxygen atoms in total. The maximum atomic E-state index is 13.0. The first-order valence-electron chi connectivity index (χ1n) is 8.40. The SMILES string of the molecule is COc1cc(OC)c(NC(=O)c2ccccc2-c2ccccc2C#N)cc1Cl. The van der Waals surface area contributed by atoms with Gasteiger partial charge in [-0.25, -0.2) is 0 Å². The van der Waals surface area contributed by atoms with Crippen molar-refractivity contribution in [3.8, 4) is 28.7 Å². The Morgan fingerprint density at radius 1 is 0.964 bits per heavy atom. The average Bonchev–Trinajstić information content (AvgIpc) is 2.74. The van der Waals surface area contributed by atoms with Crippen LogP contribution >= 0.6 is 11.6 Å². The number of amides is 1. The predicted octanol–water partition coefficient (Wildman–Crippen LogP) is 5.15.